The number of carbonyl (C=O) groups is 1. The molecule has 0 saturated heterocycles. The average molecular weight is 532 g/mol. The minimum absolute atomic E-state index is 0. The Morgan fingerprint density at radius 1 is 0.824 bits per heavy atom. The molecule has 5 nitrogen and oxygen atoms in total. The van der Waals surface area contributed by atoms with Crippen molar-refractivity contribution in [3.63, 3.8) is 0 Å². The Balaban J connectivity index is 0.000000491. The van der Waals surface area contributed by atoms with Gasteiger partial charge < -0.3 is 26.5 Å². The van der Waals surface area contributed by atoms with Gasteiger partial charge in [0.2, 0.25) is 0 Å². The van der Waals surface area contributed by atoms with Crippen LogP contribution in [0.4, 0.5) is 0 Å². The molecule has 34 heavy (non-hydrogen) atoms. The van der Waals surface area contributed by atoms with Crippen LogP contribution in [-0.4, -0.2) is 53.5 Å². The summed E-state index contributed by atoms with van der Waals surface area (Å²) in [5, 5.41) is 0. The van der Waals surface area contributed by atoms with E-state index in [2.05, 4.69) is 16.0 Å². The van der Waals surface area contributed by atoms with E-state index in [4.69, 9.17) is 9.47 Å². The summed E-state index contributed by atoms with van der Waals surface area (Å²) in [5.41, 5.74) is 4.71. The number of aryl methyl sites for hydroxylation is 1. The molecule has 0 aliphatic carbocycles. The van der Waals surface area contributed by atoms with Crippen LogP contribution in [0.2, 0.25) is 0 Å². The monoisotopic (exact) mass is 530 g/mol. The van der Waals surface area contributed by atoms with Crippen molar-refractivity contribution in [2.75, 3.05) is 14.2 Å². The predicted octanol–water partition coefficient (Wildman–Crippen LogP) is 2.35. The van der Waals surface area contributed by atoms with E-state index in [1.807, 2.05) is 79.7 Å². The van der Waals surface area contributed by atoms with Gasteiger partial charge in [0.15, 0.2) is 6.29 Å². The van der Waals surface area contributed by atoms with Gasteiger partial charge in [-0.2, -0.15) is 30.3 Å². The molecule has 2 aromatic carbocycles. The van der Waals surface area contributed by atoms with Gasteiger partial charge in [0.1, 0.15) is 6.29 Å². The van der Waals surface area contributed by atoms with Crippen LogP contribution in [0, 0.1) is 13.0 Å². The van der Waals surface area contributed by atoms with Crippen LogP contribution >= 0.6 is 0 Å². The van der Waals surface area contributed by atoms with Crippen LogP contribution in [0.3, 0.4) is 0 Å². The molecule has 4 rings (SSSR count). The Labute approximate surface area is 228 Å². The minimum atomic E-state index is -0.260. The van der Waals surface area contributed by atoms with Gasteiger partial charge in [-0.25, -0.2) is 0 Å². The molecule has 0 aliphatic rings. The van der Waals surface area contributed by atoms with Gasteiger partial charge in [-0.05, 0) is 31.2 Å². The SMILES string of the molecule is COC(OC)c1cc[c-]cc1.Cc1ccccn1.O=Cc1ccc(-c2ccccn2)cc1.[Br-].[Mg+2]. The topological polar surface area (TPSA) is 61.3 Å². The second kappa shape index (κ2) is 18.9. The Morgan fingerprint density at radius 3 is 1.82 bits per heavy atom. The van der Waals surface area contributed by atoms with Crippen molar-refractivity contribution in [2.24, 2.45) is 0 Å². The smallest absolute Gasteiger partial charge is 1.00 e. The molecule has 0 unspecified atom stereocenters. The molecule has 0 saturated carbocycles. The molecule has 0 N–H and O–H groups in total. The minimum Gasteiger partial charge on any atom is -1.00 e. The maximum Gasteiger partial charge on any atom is 2.00 e. The molecule has 0 fully saturated rings. The van der Waals surface area contributed by atoms with E-state index in [-0.39, 0.29) is 46.3 Å². The van der Waals surface area contributed by atoms with Gasteiger partial charge >= 0.3 is 23.1 Å². The molecule has 0 bridgehead atoms. The van der Waals surface area contributed by atoms with Crippen molar-refractivity contribution in [1.82, 2.24) is 9.97 Å². The van der Waals surface area contributed by atoms with Crippen molar-refractivity contribution in [1.29, 1.82) is 0 Å². The van der Waals surface area contributed by atoms with E-state index in [0.29, 0.717) is 5.56 Å². The number of pyridine rings is 2. The van der Waals surface area contributed by atoms with Crippen molar-refractivity contribution in [3.05, 3.63) is 120 Å². The fourth-order valence-corrected chi connectivity index (χ4v) is 2.64. The molecule has 172 valence electrons. The number of nitrogens with zero attached hydrogens (tertiary/aromatic N) is 2. The number of ether oxygens (including phenoxy) is 2. The summed E-state index contributed by atoms with van der Waals surface area (Å²) in [7, 11) is 3.23. The Morgan fingerprint density at radius 2 is 1.41 bits per heavy atom. The fourth-order valence-electron chi connectivity index (χ4n) is 2.64. The Bertz CT molecular complexity index is 1020. The van der Waals surface area contributed by atoms with Crippen LogP contribution in [0.5, 0.6) is 0 Å². The molecular formula is C27H27BrMgN2O3. The first kappa shape index (κ1) is 31.6. The zero-order chi connectivity index (χ0) is 23.0. The number of aldehydes is 1. The molecule has 7 heteroatoms. The van der Waals surface area contributed by atoms with Gasteiger partial charge in [0.25, 0.3) is 0 Å². The van der Waals surface area contributed by atoms with Gasteiger partial charge in [-0.3, -0.25) is 14.8 Å². The van der Waals surface area contributed by atoms with E-state index in [1.165, 1.54) is 0 Å². The molecule has 4 aromatic rings. The van der Waals surface area contributed by atoms with Gasteiger partial charge in [-0.1, -0.05) is 36.4 Å². The fraction of sp³-hybridized carbons (Fsp3) is 0.148. The number of rotatable bonds is 5. The molecule has 0 aliphatic heterocycles. The van der Waals surface area contributed by atoms with E-state index in [1.54, 1.807) is 38.7 Å². The van der Waals surface area contributed by atoms with Crippen LogP contribution in [-0.2, 0) is 9.47 Å². The standard InChI is InChI=1S/C12H9NO.C9H11O2.C6H7N.BrH.Mg/c14-9-10-4-6-11(7-5-10)12-3-1-2-8-13-12;1-10-9(11-2)8-6-4-3-5-7-8;1-6-4-2-3-5-7-6;;/h1-9H;4-7,9H,1-2H3;2-5H,1H3;1H;/q;-1;;;+2/p-1. The molecule has 0 atom stereocenters. The second-order valence-electron chi connectivity index (χ2n) is 6.56. The summed E-state index contributed by atoms with van der Waals surface area (Å²) in [5.74, 6) is 0. The maximum atomic E-state index is 10.4. The van der Waals surface area contributed by atoms with Crippen LogP contribution in [0.15, 0.2) is 97.3 Å². The number of hydrogen-bond acceptors (Lipinski definition) is 5. The molecule has 0 spiro atoms. The molecule has 2 heterocycles. The molecule has 0 radical (unpaired) electrons. The van der Waals surface area contributed by atoms with Crippen LogP contribution < -0.4 is 17.0 Å². The summed E-state index contributed by atoms with van der Waals surface area (Å²) in [4.78, 5) is 18.6. The zero-order valence-electron chi connectivity index (χ0n) is 19.6. The van der Waals surface area contributed by atoms with E-state index >= 15 is 0 Å². The first-order valence-corrected chi connectivity index (χ1v) is 10.0. The first-order chi connectivity index (χ1) is 15.7. The number of aromatic nitrogens is 2. The third kappa shape index (κ3) is 11.6. The van der Waals surface area contributed by atoms with E-state index < -0.39 is 0 Å². The summed E-state index contributed by atoms with van der Waals surface area (Å²) in [6, 6.07) is 29.4. The maximum absolute atomic E-state index is 10.4. The normalized spacial score (nSPS) is 9.18. The zero-order valence-corrected chi connectivity index (χ0v) is 22.6. The number of halogens is 1. The third-order valence-electron chi connectivity index (χ3n) is 4.26. The summed E-state index contributed by atoms with van der Waals surface area (Å²) in [6.07, 6.45) is 4.12. The molecular weight excluding hydrogens is 505 g/mol. The molecule has 2 aromatic heterocycles. The van der Waals surface area contributed by atoms with Crippen LogP contribution in [0.1, 0.15) is 27.9 Å². The third-order valence-corrected chi connectivity index (χ3v) is 4.26. The number of carbonyl (C=O) groups excluding carboxylic acids is 1. The number of methoxy groups -OCH3 is 2. The Kier molecular flexibility index (Phi) is 17.6. The largest absolute Gasteiger partial charge is 2.00 e. The quantitative estimate of drug-likeness (QED) is 0.171. The number of hydrogen-bond donors (Lipinski definition) is 0. The number of benzene rings is 2. The molecule has 0 amide bonds. The van der Waals surface area contributed by atoms with Gasteiger partial charge in [0, 0.05) is 43.4 Å². The van der Waals surface area contributed by atoms with Crippen molar-refractivity contribution in [3.8, 4) is 11.3 Å². The van der Waals surface area contributed by atoms with Crippen molar-refractivity contribution < 1.29 is 31.2 Å². The van der Waals surface area contributed by atoms with Crippen molar-refractivity contribution in [2.45, 2.75) is 13.2 Å². The summed E-state index contributed by atoms with van der Waals surface area (Å²) in [6.45, 7) is 1.97. The van der Waals surface area contributed by atoms with Crippen LogP contribution in [0.25, 0.3) is 11.3 Å². The first-order valence-electron chi connectivity index (χ1n) is 10.0. The Hall–Kier alpha value is -2.42. The average Bonchev–Trinajstić information content (AvgIpc) is 2.87. The predicted molar refractivity (Wildman–Crippen MR) is 132 cm³/mol. The van der Waals surface area contributed by atoms with Gasteiger partial charge in [-0.15, -0.1) is 5.56 Å². The second-order valence-corrected chi connectivity index (χ2v) is 6.56. The summed E-state index contributed by atoms with van der Waals surface area (Å²) < 4.78 is 10.1. The van der Waals surface area contributed by atoms with E-state index in [0.717, 1.165) is 28.8 Å². The van der Waals surface area contributed by atoms with Crippen molar-refractivity contribution >= 4 is 29.3 Å². The summed E-state index contributed by atoms with van der Waals surface area (Å²) >= 11 is 0. The van der Waals surface area contributed by atoms with E-state index in [9.17, 15) is 4.79 Å². The van der Waals surface area contributed by atoms with Gasteiger partial charge in [0.05, 0.1) is 5.69 Å².